The largest absolute Gasteiger partial charge is 0.355 e. The highest BCUT2D eigenvalue weighted by Gasteiger charge is 2.37. The molecule has 2 aliphatic rings. The van der Waals surface area contributed by atoms with Gasteiger partial charge in [0.1, 0.15) is 5.92 Å². The Morgan fingerprint density at radius 3 is 2.56 bits per heavy atom. The molecule has 2 N–H and O–H groups in total. The van der Waals surface area contributed by atoms with E-state index in [0.29, 0.717) is 25.4 Å². The molecular formula is C21H32N4O2. The van der Waals surface area contributed by atoms with Crippen LogP contribution in [-0.2, 0) is 9.59 Å². The van der Waals surface area contributed by atoms with Gasteiger partial charge in [-0.25, -0.2) is 0 Å². The number of benzene rings is 1. The van der Waals surface area contributed by atoms with Crippen LogP contribution in [0, 0.1) is 5.92 Å². The van der Waals surface area contributed by atoms with Crippen LogP contribution in [0.5, 0.6) is 0 Å². The predicted octanol–water partition coefficient (Wildman–Crippen LogP) is 1.57. The summed E-state index contributed by atoms with van der Waals surface area (Å²) in [5.41, 5.74) is 2.14. The van der Waals surface area contributed by atoms with Crippen molar-refractivity contribution in [3.05, 3.63) is 29.8 Å². The Labute approximate surface area is 162 Å². The van der Waals surface area contributed by atoms with Crippen LogP contribution in [0.2, 0.25) is 0 Å². The summed E-state index contributed by atoms with van der Waals surface area (Å²) in [6.07, 6.45) is 1.52. The quantitative estimate of drug-likeness (QED) is 0.563. The van der Waals surface area contributed by atoms with Crippen LogP contribution in [0.15, 0.2) is 24.3 Å². The normalized spacial score (nSPS) is 21.1. The first-order valence-corrected chi connectivity index (χ1v) is 10.2. The highest BCUT2D eigenvalue weighted by Crippen LogP contribution is 2.27. The van der Waals surface area contributed by atoms with Crippen molar-refractivity contribution >= 4 is 17.5 Å². The summed E-state index contributed by atoms with van der Waals surface area (Å²) in [6, 6.07) is 8.11. The molecule has 0 aromatic heterocycles. The molecule has 148 valence electrons. The number of hydrogen-bond donors (Lipinski definition) is 2. The van der Waals surface area contributed by atoms with Crippen molar-refractivity contribution in [2.75, 3.05) is 50.7 Å². The second kappa shape index (κ2) is 9.33. The van der Waals surface area contributed by atoms with Gasteiger partial charge in [-0.3, -0.25) is 9.59 Å². The predicted molar refractivity (Wildman–Crippen MR) is 108 cm³/mol. The molecule has 2 amide bonds. The average molecular weight is 373 g/mol. The number of nitrogens with one attached hydrogen (secondary N) is 2. The Hall–Kier alpha value is -1.92. The van der Waals surface area contributed by atoms with E-state index in [-0.39, 0.29) is 11.8 Å². The molecule has 0 saturated carbocycles. The van der Waals surface area contributed by atoms with Crippen LogP contribution in [0.1, 0.15) is 38.2 Å². The fraction of sp³-hybridized carbons (Fsp3) is 0.619. The van der Waals surface area contributed by atoms with Gasteiger partial charge in [0.15, 0.2) is 0 Å². The van der Waals surface area contributed by atoms with Gasteiger partial charge in [-0.1, -0.05) is 26.0 Å². The van der Waals surface area contributed by atoms with Crippen LogP contribution < -0.4 is 15.5 Å². The number of piperazine rings is 1. The average Bonchev–Trinajstić information content (AvgIpc) is 3.07. The molecule has 3 rings (SSSR count). The summed E-state index contributed by atoms with van der Waals surface area (Å²) >= 11 is 0. The zero-order valence-corrected chi connectivity index (χ0v) is 16.5. The first kappa shape index (κ1) is 19.8. The maximum atomic E-state index is 12.7. The van der Waals surface area contributed by atoms with Crippen LogP contribution in [0.3, 0.4) is 0 Å². The Morgan fingerprint density at radius 2 is 1.89 bits per heavy atom. The van der Waals surface area contributed by atoms with Crippen LogP contribution >= 0.6 is 0 Å². The third-order valence-corrected chi connectivity index (χ3v) is 5.55. The van der Waals surface area contributed by atoms with E-state index < -0.39 is 5.92 Å². The second-order valence-electron chi connectivity index (χ2n) is 7.81. The molecule has 0 bridgehead atoms. The van der Waals surface area contributed by atoms with E-state index in [2.05, 4.69) is 41.5 Å². The van der Waals surface area contributed by atoms with E-state index in [1.165, 1.54) is 5.56 Å². The van der Waals surface area contributed by atoms with Gasteiger partial charge >= 0.3 is 0 Å². The smallest absolute Gasteiger partial charge is 0.239 e. The first-order chi connectivity index (χ1) is 13.1. The fourth-order valence-electron chi connectivity index (χ4n) is 3.79. The summed E-state index contributed by atoms with van der Waals surface area (Å²) in [5.74, 6) is -0.282. The Balaban J connectivity index is 1.45. The van der Waals surface area contributed by atoms with Crippen LogP contribution in [-0.4, -0.2) is 62.5 Å². The van der Waals surface area contributed by atoms with Crippen molar-refractivity contribution in [1.29, 1.82) is 0 Å². The zero-order valence-electron chi connectivity index (χ0n) is 16.5. The van der Waals surface area contributed by atoms with E-state index in [0.717, 1.165) is 44.8 Å². The van der Waals surface area contributed by atoms with Gasteiger partial charge in [-0.2, -0.15) is 0 Å². The maximum Gasteiger partial charge on any atom is 0.239 e. The van der Waals surface area contributed by atoms with Crippen LogP contribution in [0.4, 0.5) is 5.69 Å². The highest BCUT2D eigenvalue weighted by atomic mass is 16.2. The number of anilines is 1. The molecule has 0 aliphatic carbocycles. The SMILES string of the molecule is CC(C)c1ccc(N2CCC(C(=O)NCCCN3CCNCC3)C2=O)cc1. The molecule has 2 aliphatic heterocycles. The minimum atomic E-state index is -0.547. The number of carbonyl (C=O) groups excluding carboxylic acids is 2. The summed E-state index contributed by atoms with van der Waals surface area (Å²) in [4.78, 5) is 29.3. The summed E-state index contributed by atoms with van der Waals surface area (Å²) < 4.78 is 0. The van der Waals surface area contributed by atoms with E-state index in [1.54, 1.807) is 4.90 Å². The van der Waals surface area contributed by atoms with Crippen LogP contribution in [0.25, 0.3) is 0 Å². The van der Waals surface area contributed by atoms with Gasteiger partial charge < -0.3 is 20.4 Å². The van der Waals surface area contributed by atoms with Gasteiger partial charge in [0, 0.05) is 45.0 Å². The molecule has 6 heteroatoms. The zero-order chi connectivity index (χ0) is 19.2. The van der Waals surface area contributed by atoms with Gasteiger partial charge in [-0.05, 0) is 43.0 Å². The third kappa shape index (κ3) is 5.08. The molecule has 2 heterocycles. The van der Waals surface area contributed by atoms with Gasteiger partial charge in [0.05, 0.1) is 0 Å². The summed E-state index contributed by atoms with van der Waals surface area (Å²) in [5, 5.41) is 6.30. The van der Waals surface area contributed by atoms with E-state index in [1.807, 2.05) is 12.1 Å². The molecule has 1 aromatic rings. The van der Waals surface area contributed by atoms with E-state index in [4.69, 9.17) is 0 Å². The van der Waals surface area contributed by atoms with Gasteiger partial charge in [0.2, 0.25) is 11.8 Å². The molecule has 1 atom stereocenters. The van der Waals surface area contributed by atoms with Crippen molar-refractivity contribution in [1.82, 2.24) is 15.5 Å². The molecule has 0 radical (unpaired) electrons. The van der Waals surface area contributed by atoms with Crippen molar-refractivity contribution in [2.45, 2.75) is 32.6 Å². The van der Waals surface area contributed by atoms with Crippen molar-refractivity contribution < 1.29 is 9.59 Å². The highest BCUT2D eigenvalue weighted by molar-refractivity contribution is 6.09. The molecule has 1 aromatic carbocycles. The number of amides is 2. The fourth-order valence-corrected chi connectivity index (χ4v) is 3.79. The number of hydrogen-bond acceptors (Lipinski definition) is 4. The second-order valence-corrected chi connectivity index (χ2v) is 7.81. The molecule has 1 unspecified atom stereocenters. The lowest BCUT2D eigenvalue weighted by atomic mass is 10.0. The van der Waals surface area contributed by atoms with Crippen molar-refractivity contribution in [2.24, 2.45) is 5.92 Å². The first-order valence-electron chi connectivity index (χ1n) is 10.2. The molecule has 6 nitrogen and oxygen atoms in total. The number of carbonyl (C=O) groups is 2. The summed E-state index contributed by atoms with van der Waals surface area (Å²) in [6.45, 7) is 10.8. The Kier molecular flexibility index (Phi) is 6.85. The third-order valence-electron chi connectivity index (χ3n) is 5.55. The Bertz CT molecular complexity index is 638. The topological polar surface area (TPSA) is 64.7 Å². The standard InChI is InChI=1S/C21H32N4O2/c1-16(2)17-4-6-18(7-5-17)25-13-8-19(21(25)27)20(26)23-9-3-12-24-14-10-22-11-15-24/h4-7,16,19,22H,3,8-15H2,1-2H3,(H,23,26). The van der Waals surface area contributed by atoms with E-state index >= 15 is 0 Å². The number of nitrogens with zero attached hydrogens (tertiary/aromatic N) is 2. The van der Waals surface area contributed by atoms with Crippen molar-refractivity contribution in [3.8, 4) is 0 Å². The van der Waals surface area contributed by atoms with Gasteiger partial charge in [-0.15, -0.1) is 0 Å². The lowest BCUT2D eigenvalue weighted by Crippen LogP contribution is -2.44. The molecule has 0 spiro atoms. The number of rotatable bonds is 7. The molecule has 2 fully saturated rings. The minimum Gasteiger partial charge on any atom is -0.355 e. The molecular weight excluding hydrogens is 340 g/mol. The maximum absolute atomic E-state index is 12.7. The van der Waals surface area contributed by atoms with E-state index in [9.17, 15) is 9.59 Å². The summed E-state index contributed by atoms with van der Waals surface area (Å²) in [7, 11) is 0. The lowest BCUT2D eigenvalue weighted by Gasteiger charge is -2.27. The van der Waals surface area contributed by atoms with Crippen molar-refractivity contribution in [3.63, 3.8) is 0 Å². The lowest BCUT2D eigenvalue weighted by molar-refractivity contribution is -0.132. The molecule has 27 heavy (non-hydrogen) atoms. The Morgan fingerprint density at radius 1 is 1.19 bits per heavy atom. The minimum absolute atomic E-state index is 0.0769. The van der Waals surface area contributed by atoms with Gasteiger partial charge in [0.25, 0.3) is 0 Å². The molecule has 2 saturated heterocycles. The monoisotopic (exact) mass is 372 g/mol.